The molecule has 1 saturated carbocycles. The van der Waals surface area contributed by atoms with Crippen LogP contribution in [0.4, 0.5) is 0 Å². The van der Waals surface area contributed by atoms with Crippen molar-refractivity contribution in [3.8, 4) is 6.07 Å². The van der Waals surface area contributed by atoms with Crippen LogP contribution < -0.4 is 0 Å². The van der Waals surface area contributed by atoms with Gasteiger partial charge in [0.25, 0.3) is 0 Å². The van der Waals surface area contributed by atoms with Gasteiger partial charge in [0.05, 0.1) is 6.07 Å². The first-order valence-electron chi connectivity index (χ1n) is 7.43. The molecule has 0 aromatic heterocycles. The summed E-state index contributed by atoms with van der Waals surface area (Å²) < 4.78 is 0. The largest absolute Gasteiger partial charge is 0.344 e. The van der Waals surface area contributed by atoms with E-state index >= 15 is 0 Å². The van der Waals surface area contributed by atoms with E-state index in [0.717, 1.165) is 38.1 Å². The van der Waals surface area contributed by atoms with Crippen LogP contribution in [0.15, 0.2) is 0 Å². The van der Waals surface area contributed by atoms with Crippen LogP contribution in [0.3, 0.4) is 0 Å². The molecule has 0 atom stereocenters. The molecule has 2 aliphatic rings. The van der Waals surface area contributed by atoms with E-state index in [-0.39, 0.29) is 5.91 Å². The fourth-order valence-corrected chi connectivity index (χ4v) is 3.10. The topological polar surface area (TPSA) is 47.3 Å². The van der Waals surface area contributed by atoms with E-state index in [0.29, 0.717) is 0 Å². The third kappa shape index (κ3) is 3.09. The molecule has 2 rings (SSSR count). The quantitative estimate of drug-likeness (QED) is 0.778. The zero-order valence-corrected chi connectivity index (χ0v) is 12.2. The number of hydrogen-bond acceptors (Lipinski definition) is 3. The maximum Gasteiger partial charge on any atom is 0.242 e. The summed E-state index contributed by atoms with van der Waals surface area (Å²) in [5, 5.41) is 9.20. The molecule has 0 aromatic rings. The van der Waals surface area contributed by atoms with Gasteiger partial charge in [-0.2, -0.15) is 5.26 Å². The number of likely N-dealkylation sites (tertiary alicyclic amines) is 1. The van der Waals surface area contributed by atoms with E-state index in [1.807, 2.05) is 7.05 Å². The molecule has 0 aromatic carbocycles. The van der Waals surface area contributed by atoms with E-state index < -0.39 is 5.41 Å². The first-order chi connectivity index (χ1) is 9.07. The molecule has 1 saturated heterocycles. The Balaban J connectivity index is 1.77. The van der Waals surface area contributed by atoms with Crippen molar-refractivity contribution >= 4 is 5.91 Å². The molecule has 1 heterocycles. The molecule has 4 nitrogen and oxygen atoms in total. The Morgan fingerprint density at radius 3 is 2.53 bits per heavy atom. The van der Waals surface area contributed by atoms with E-state index in [4.69, 9.17) is 0 Å². The molecule has 0 unspecified atom stereocenters. The highest BCUT2D eigenvalue weighted by Crippen LogP contribution is 2.41. The summed E-state index contributed by atoms with van der Waals surface area (Å²) in [6.07, 6.45) is 6.07. The van der Waals surface area contributed by atoms with Gasteiger partial charge in [0.2, 0.25) is 5.91 Å². The lowest BCUT2D eigenvalue weighted by Crippen LogP contribution is -2.46. The van der Waals surface area contributed by atoms with Gasteiger partial charge < -0.3 is 9.80 Å². The van der Waals surface area contributed by atoms with Crippen molar-refractivity contribution < 1.29 is 4.79 Å². The molecule has 1 aliphatic carbocycles. The lowest BCUT2D eigenvalue weighted by atomic mass is 9.69. The minimum atomic E-state index is -0.679. The van der Waals surface area contributed by atoms with Gasteiger partial charge in [-0.05, 0) is 64.6 Å². The van der Waals surface area contributed by atoms with E-state index in [1.54, 1.807) is 4.90 Å². The number of carbonyl (C=O) groups excluding carboxylic acids is 1. The fraction of sp³-hybridized carbons (Fsp3) is 0.867. The SMILES string of the molecule is CN1CCC(CCN(C)C(=O)C2(C#N)CCC2)CC1. The summed E-state index contributed by atoms with van der Waals surface area (Å²) in [7, 11) is 4.02. The highest BCUT2D eigenvalue weighted by Gasteiger charge is 2.46. The number of nitriles is 1. The Kier molecular flexibility index (Phi) is 4.46. The van der Waals surface area contributed by atoms with Crippen molar-refractivity contribution in [1.82, 2.24) is 9.80 Å². The number of hydrogen-bond donors (Lipinski definition) is 0. The summed E-state index contributed by atoms with van der Waals surface area (Å²) in [6, 6.07) is 2.24. The monoisotopic (exact) mass is 263 g/mol. The van der Waals surface area contributed by atoms with Gasteiger partial charge in [-0.25, -0.2) is 0 Å². The standard InChI is InChI=1S/C15H25N3O/c1-17-9-4-13(5-10-17)6-11-18(2)14(19)15(12-16)7-3-8-15/h13H,3-11H2,1-2H3. The molecule has 0 N–H and O–H groups in total. The zero-order valence-electron chi connectivity index (χ0n) is 12.2. The minimum Gasteiger partial charge on any atom is -0.344 e. The Labute approximate surface area is 116 Å². The molecular formula is C15H25N3O. The van der Waals surface area contributed by atoms with Gasteiger partial charge in [-0.15, -0.1) is 0 Å². The van der Waals surface area contributed by atoms with Crippen LogP contribution in [0.5, 0.6) is 0 Å². The van der Waals surface area contributed by atoms with Crippen molar-refractivity contribution in [3.63, 3.8) is 0 Å². The van der Waals surface area contributed by atoms with Crippen molar-refractivity contribution in [1.29, 1.82) is 5.26 Å². The highest BCUT2D eigenvalue weighted by atomic mass is 16.2. The molecule has 0 bridgehead atoms. The van der Waals surface area contributed by atoms with E-state index in [2.05, 4.69) is 18.0 Å². The van der Waals surface area contributed by atoms with Gasteiger partial charge >= 0.3 is 0 Å². The second-order valence-electron chi connectivity index (χ2n) is 6.31. The Bertz CT molecular complexity index is 362. The summed E-state index contributed by atoms with van der Waals surface area (Å²) in [6.45, 7) is 3.14. The van der Waals surface area contributed by atoms with Crippen LogP contribution in [0.1, 0.15) is 38.5 Å². The van der Waals surface area contributed by atoms with Gasteiger partial charge in [0.1, 0.15) is 5.41 Å². The average Bonchev–Trinajstić information content (AvgIpc) is 2.37. The predicted molar refractivity (Wildman–Crippen MR) is 74.4 cm³/mol. The number of amides is 1. The van der Waals surface area contributed by atoms with Gasteiger partial charge in [-0.3, -0.25) is 4.79 Å². The normalized spacial score (nSPS) is 23.4. The third-order valence-corrected chi connectivity index (χ3v) is 4.89. The van der Waals surface area contributed by atoms with Crippen LogP contribution in [-0.4, -0.2) is 49.4 Å². The number of piperidine rings is 1. The molecule has 19 heavy (non-hydrogen) atoms. The smallest absolute Gasteiger partial charge is 0.242 e. The van der Waals surface area contributed by atoms with Crippen molar-refractivity contribution in [2.45, 2.75) is 38.5 Å². The minimum absolute atomic E-state index is 0.0502. The third-order valence-electron chi connectivity index (χ3n) is 4.89. The molecule has 0 spiro atoms. The van der Waals surface area contributed by atoms with Crippen LogP contribution >= 0.6 is 0 Å². The first kappa shape index (κ1) is 14.3. The lowest BCUT2D eigenvalue weighted by molar-refractivity contribution is -0.141. The van der Waals surface area contributed by atoms with Crippen LogP contribution in [0, 0.1) is 22.7 Å². The summed E-state index contributed by atoms with van der Waals surface area (Å²) in [4.78, 5) is 16.5. The van der Waals surface area contributed by atoms with Gasteiger partial charge in [0, 0.05) is 13.6 Å². The molecule has 0 radical (unpaired) electrons. The fourth-order valence-electron chi connectivity index (χ4n) is 3.10. The number of rotatable bonds is 4. The van der Waals surface area contributed by atoms with Gasteiger partial charge in [0.15, 0.2) is 0 Å². The number of nitrogens with zero attached hydrogens (tertiary/aromatic N) is 3. The van der Waals surface area contributed by atoms with Crippen LogP contribution in [-0.2, 0) is 4.79 Å². The van der Waals surface area contributed by atoms with Crippen LogP contribution in [0.25, 0.3) is 0 Å². The highest BCUT2D eigenvalue weighted by molar-refractivity contribution is 5.86. The van der Waals surface area contributed by atoms with Crippen molar-refractivity contribution in [2.24, 2.45) is 11.3 Å². The Morgan fingerprint density at radius 1 is 1.42 bits per heavy atom. The molecule has 4 heteroatoms. The molecule has 1 aliphatic heterocycles. The maximum atomic E-state index is 12.3. The van der Waals surface area contributed by atoms with Gasteiger partial charge in [-0.1, -0.05) is 0 Å². The molecule has 2 fully saturated rings. The van der Waals surface area contributed by atoms with Crippen molar-refractivity contribution in [2.75, 3.05) is 33.7 Å². The maximum absolute atomic E-state index is 12.3. The summed E-state index contributed by atoms with van der Waals surface area (Å²) in [5.41, 5.74) is -0.679. The Morgan fingerprint density at radius 2 is 2.05 bits per heavy atom. The first-order valence-corrected chi connectivity index (χ1v) is 7.43. The predicted octanol–water partition coefficient (Wildman–Crippen LogP) is 1.87. The lowest BCUT2D eigenvalue weighted by Gasteiger charge is -2.37. The van der Waals surface area contributed by atoms with E-state index in [1.165, 1.54) is 25.9 Å². The average molecular weight is 263 g/mol. The molecule has 1 amide bonds. The Hall–Kier alpha value is -1.08. The van der Waals surface area contributed by atoms with Crippen molar-refractivity contribution in [3.05, 3.63) is 0 Å². The second kappa shape index (κ2) is 5.92. The second-order valence-corrected chi connectivity index (χ2v) is 6.31. The summed E-state index contributed by atoms with van der Waals surface area (Å²) >= 11 is 0. The van der Waals surface area contributed by atoms with Crippen LogP contribution in [0.2, 0.25) is 0 Å². The zero-order chi connectivity index (χ0) is 13.9. The van der Waals surface area contributed by atoms with E-state index in [9.17, 15) is 10.1 Å². The number of carbonyl (C=O) groups is 1. The molecule has 106 valence electrons. The molecular weight excluding hydrogens is 238 g/mol. The summed E-state index contributed by atoms with van der Waals surface area (Å²) in [5.74, 6) is 0.792.